The molecule has 0 saturated carbocycles. The molecule has 0 radical (unpaired) electrons. The second-order valence-electron chi connectivity index (χ2n) is 3.63. The van der Waals surface area contributed by atoms with E-state index < -0.39 is 6.10 Å². The van der Waals surface area contributed by atoms with Crippen molar-refractivity contribution in [3.8, 4) is 0 Å². The molecule has 3 nitrogen and oxygen atoms in total. The SMILES string of the molecule is CCCC(O)CNCC(O)c1cccs1. The van der Waals surface area contributed by atoms with Gasteiger partial charge < -0.3 is 15.5 Å². The van der Waals surface area contributed by atoms with E-state index in [4.69, 9.17) is 0 Å². The molecule has 1 heterocycles. The first-order valence-electron chi connectivity index (χ1n) is 5.34. The van der Waals surface area contributed by atoms with E-state index in [2.05, 4.69) is 5.32 Å². The molecular weight excluding hydrogens is 210 g/mol. The topological polar surface area (TPSA) is 52.5 Å². The second kappa shape index (κ2) is 6.95. The van der Waals surface area contributed by atoms with Crippen LogP contribution in [0.5, 0.6) is 0 Å². The summed E-state index contributed by atoms with van der Waals surface area (Å²) in [6, 6.07) is 3.84. The molecule has 3 N–H and O–H groups in total. The van der Waals surface area contributed by atoms with Crippen LogP contribution in [0.4, 0.5) is 0 Å². The third-order valence-corrected chi connectivity index (χ3v) is 3.18. The summed E-state index contributed by atoms with van der Waals surface area (Å²) < 4.78 is 0. The normalized spacial score (nSPS) is 15.1. The van der Waals surface area contributed by atoms with Crippen LogP contribution in [0.2, 0.25) is 0 Å². The highest BCUT2D eigenvalue weighted by Crippen LogP contribution is 2.17. The minimum atomic E-state index is -0.459. The van der Waals surface area contributed by atoms with E-state index in [1.165, 1.54) is 0 Å². The summed E-state index contributed by atoms with van der Waals surface area (Å²) in [5.41, 5.74) is 0. The summed E-state index contributed by atoms with van der Waals surface area (Å²) in [7, 11) is 0. The van der Waals surface area contributed by atoms with Crippen molar-refractivity contribution in [1.29, 1.82) is 0 Å². The van der Waals surface area contributed by atoms with Crippen LogP contribution < -0.4 is 5.32 Å². The van der Waals surface area contributed by atoms with Gasteiger partial charge in [-0.05, 0) is 17.9 Å². The smallest absolute Gasteiger partial charge is 0.101 e. The first kappa shape index (κ1) is 12.6. The monoisotopic (exact) mass is 229 g/mol. The highest BCUT2D eigenvalue weighted by atomic mass is 32.1. The highest BCUT2D eigenvalue weighted by Gasteiger charge is 2.08. The number of nitrogens with one attached hydrogen (secondary N) is 1. The highest BCUT2D eigenvalue weighted by molar-refractivity contribution is 7.10. The van der Waals surface area contributed by atoms with E-state index in [-0.39, 0.29) is 6.10 Å². The quantitative estimate of drug-likeness (QED) is 0.664. The number of hydrogen-bond acceptors (Lipinski definition) is 4. The van der Waals surface area contributed by atoms with Gasteiger partial charge in [0.25, 0.3) is 0 Å². The average Bonchev–Trinajstić information content (AvgIpc) is 2.70. The third kappa shape index (κ3) is 4.75. The lowest BCUT2D eigenvalue weighted by Gasteiger charge is -2.13. The van der Waals surface area contributed by atoms with Crippen LogP contribution in [0.1, 0.15) is 30.7 Å². The second-order valence-corrected chi connectivity index (χ2v) is 4.61. The van der Waals surface area contributed by atoms with Gasteiger partial charge in [0.15, 0.2) is 0 Å². The largest absolute Gasteiger partial charge is 0.392 e. The minimum Gasteiger partial charge on any atom is -0.392 e. The van der Waals surface area contributed by atoms with Crippen molar-refractivity contribution >= 4 is 11.3 Å². The molecule has 1 aromatic heterocycles. The molecule has 0 bridgehead atoms. The van der Waals surface area contributed by atoms with Gasteiger partial charge in [0.2, 0.25) is 0 Å². The fraction of sp³-hybridized carbons (Fsp3) is 0.636. The van der Waals surface area contributed by atoms with Crippen LogP contribution in [-0.4, -0.2) is 29.4 Å². The maximum atomic E-state index is 9.72. The Labute approximate surface area is 94.8 Å². The van der Waals surface area contributed by atoms with Crippen molar-refractivity contribution in [3.63, 3.8) is 0 Å². The van der Waals surface area contributed by atoms with Crippen molar-refractivity contribution in [2.75, 3.05) is 13.1 Å². The van der Waals surface area contributed by atoms with Gasteiger partial charge in [-0.15, -0.1) is 11.3 Å². The molecule has 1 rings (SSSR count). The molecule has 15 heavy (non-hydrogen) atoms. The zero-order valence-electron chi connectivity index (χ0n) is 9.02. The summed E-state index contributed by atoms with van der Waals surface area (Å²) in [5.74, 6) is 0. The van der Waals surface area contributed by atoms with Gasteiger partial charge in [-0.25, -0.2) is 0 Å². The van der Waals surface area contributed by atoms with Crippen LogP contribution in [-0.2, 0) is 0 Å². The first-order valence-corrected chi connectivity index (χ1v) is 6.22. The number of aliphatic hydroxyl groups is 2. The van der Waals surface area contributed by atoms with Crippen molar-refractivity contribution in [2.24, 2.45) is 0 Å². The zero-order valence-corrected chi connectivity index (χ0v) is 9.83. The van der Waals surface area contributed by atoms with Crippen LogP contribution in [0.3, 0.4) is 0 Å². The van der Waals surface area contributed by atoms with E-state index in [9.17, 15) is 10.2 Å². The number of rotatable bonds is 7. The molecule has 0 aromatic carbocycles. The molecule has 0 aliphatic heterocycles. The van der Waals surface area contributed by atoms with Gasteiger partial charge >= 0.3 is 0 Å². The van der Waals surface area contributed by atoms with Crippen molar-refractivity contribution < 1.29 is 10.2 Å². The molecule has 0 aliphatic carbocycles. The molecule has 2 unspecified atom stereocenters. The van der Waals surface area contributed by atoms with Gasteiger partial charge in [-0.1, -0.05) is 19.4 Å². The number of aliphatic hydroxyl groups excluding tert-OH is 2. The van der Waals surface area contributed by atoms with Crippen molar-refractivity contribution in [2.45, 2.75) is 32.0 Å². The summed E-state index contributed by atoms with van der Waals surface area (Å²) in [5, 5.41) is 24.2. The Bertz CT molecular complexity index is 251. The Hall–Kier alpha value is -0.420. The van der Waals surface area contributed by atoms with Crippen LogP contribution in [0.15, 0.2) is 17.5 Å². The molecule has 4 heteroatoms. The zero-order chi connectivity index (χ0) is 11.1. The van der Waals surface area contributed by atoms with E-state index >= 15 is 0 Å². The minimum absolute atomic E-state index is 0.300. The molecule has 86 valence electrons. The van der Waals surface area contributed by atoms with Crippen LogP contribution in [0.25, 0.3) is 0 Å². The average molecular weight is 229 g/mol. The summed E-state index contributed by atoms with van der Waals surface area (Å²) in [6.45, 7) is 3.10. The summed E-state index contributed by atoms with van der Waals surface area (Å²) >= 11 is 1.55. The fourth-order valence-corrected chi connectivity index (χ4v) is 2.12. The Morgan fingerprint density at radius 1 is 1.40 bits per heavy atom. The van der Waals surface area contributed by atoms with E-state index in [0.717, 1.165) is 17.7 Å². The molecule has 1 aromatic rings. The van der Waals surface area contributed by atoms with Gasteiger partial charge in [-0.2, -0.15) is 0 Å². The Balaban J connectivity index is 2.15. The van der Waals surface area contributed by atoms with Crippen molar-refractivity contribution in [1.82, 2.24) is 5.32 Å². The van der Waals surface area contributed by atoms with Gasteiger partial charge in [0.05, 0.1) is 6.10 Å². The molecule has 0 spiro atoms. The predicted molar refractivity (Wildman–Crippen MR) is 63.1 cm³/mol. The maximum Gasteiger partial charge on any atom is 0.101 e. The predicted octanol–water partition coefficient (Wildman–Crippen LogP) is 1.53. The lowest BCUT2D eigenvalue weighted by Crippen LogP contribution is -2.30. The third-order valence-electron chi connectivity index (χ3n) is 2.21. The van der Waals surface area contributed by atoms with E-state index in [1.807, 2.05) is 24.4 Å². The molecule has 0 aliphatic rings. The lowest BCUT2D eigenvalue weighted by molar-refractivity contribution is 0.141. The van der Waals surface area contributed by atoms with Crippen LogP contribution >= 0.6 is 11.3 Å². The van der Waals surface area contributed by atoms with Crippen LogP contribution in [0, 0.1) is 0 Å². The van der Waals surface area contributed by atoms with E-state index in [0.29, 0.717) is 13.1 Å². The Kier molecular flexibility index (Phi) is 5.86. The molecule has 0 fully saturated rings. The number of thiophene rings is 1. The summed E-state index contributed by atoms with van der Waals surface area (Å²) in [6.07, 6.45) is 1.03. The lowest BCUT2D eigenvalue weighted by atomic mass is 10.2. The van der Waals surface area contributed by atoms with Gasteiger partial charge in [0.1, 0.15) is 6.10 Å². The molecule has 2 atom stereocenters. The Morgan fingerprint density at radius 2 is 2.20 bits per heavy atom. The first-order chi connectivity index (χ1) is 7.24. The van der Waals surface area contributed by atoms with Gasteiger partial charge in [0, 0.05) is 18.0 Å². The number of hydrogen-bond donors (Lipinski definition) is 3. The van der Waals surface area contributed by atoms with E-state index in [1.54, 1.807) is 11.3 Å². The molecule has 0 saturated heterocycles. The Morgan fingerprint density at radius 3 is 2.80 bits per heavy atom. The van der Waals surface area contributed by atoms with Crippen molar-refractivity contribution in [3.05, 3.63) is 22.4 Å². The maximum absolute atomic E-state index is 9.72. The molecule has 0 amide bonds. The fourth-order valence-electron chi connectivity index (χ4n) is 1.40. The van der Waals surface area contributed by atoms with Gasteiger partial charge in [-0.3, -0.25) is 0 Å². The standard InChI is InChI=1S/C11H19NO2S/c1-2-4-9(13)7-12-8-10(14)11-5-3-6-15-11/h3,5-6,9-10,12-14H,2,4,7-8H2,1H3. The summed E-state index contributed by atoms with van der Waals surface area (Å²) in [4.78, 5) is 0.965. The molecular formula is C11H19NO2S.